The minimum atomic E-state index is -0.525. The number of fused-ring (bicyclic) bond motifs is 1. The molecule has 0 unspecified atom stereocenters. The Kier molecular flexibility index (Phi) is 5.97. The minimum absolute atomic E-state index is 0.0752. The van der Waals surface area contributed by atoms with Crippen LogP contribution in [0.3, 0.4) is 0 Å². The Balaban J connectivity index is 1.78. The maximum absolute atomic E-state index is 13.1. The Morgan fingerprint density at radius 2 is 1.87 bits per heavy atom. The van der Waals surface area contributed by atoms with Gasteiger partial charge in [0.1, 0.15) is 5.82 Å². The Labute approximate surface area is 185 Å². The van der Waals surface area contributed by atoms with Crippen molar-refractivity contribution in [3.8, 4) is 0 Å². The van der Waals surface area contributed by atoms with Gasteiger partial charge in [0.25, 0.3) is 5.56 Å². The van der Waals surface area contributed by atoms with Crippen LogP contribution in [0.4, 0.5) is 11.5 Å². The molecular weight excluding hydrogens is 438 g/mol. The van der Waals surface area contributed by atoms with Crippen LogP contribution in [0.5, 0.6) is 0 Å². The van der Waals surface area contributed by atoms with Gasteiger partial charge in [-0.05, 0) is 42.8 Å². The number of aromatic nitrogens is 3. The van der Waals surface area contributed by atoms with Gasteiger partial charge in [0.15, 0.2) is 0 Å². The maximum Gasteiger partial charge on any atom is 0.332 e. The first-order valence-electron chi connectivity index (χ1n) is 9.47. The highest BCUT2D eigenvalue weighted by Crippen LogP contribution is 2.26. The van der Waals surface area contributed by atoms with E-state index in [-0.39, 0.29) is 19.6 Å². The second-order valence-corrected chi connectivity index (χ2v) is 8.58. The van der Waals surface area contributed by atoms with Crippen LogP contribution in [0.1, 0.15) is 10.6 Å². The molecule has 2 heterocycles. The van der Waals surface area contributed by atoms with Gasteiger partial charge in [0.2, 0.25) is 0 Å². The third-order valence-electron chi connectivity index (χ3n) is 4.72. The van der Waals surface area contributed by atoms with Gasteiger partial charge in [-0.3, -0.25) is 13.9 Å². The summed E-state index contributed by atoms with van der Waals surface area (Å²) in [6.07, 6.45) is 0. The number of halogens is 1. The average Bonchev–Trinajstić information content (AvgIpc) is 3.11. The number of anilines is 2. The molecule has 158 valence electrons. The van der Waals surface area contributed by atoms with Gasteiger partial charge in [-0.25, -0.2) is 9.78 Å². The van der Waals surface area contributed by atoms with E-state index in [4.69, 9.17) is 11.6 Å². The van der Waals surface area contributed by atoms with E-state index in [1.54, 1.807) is 23.5 Å². The van der Waals surface area contributed by atoms with E-state index in [0.717, 1.165) is 31.0 Å². The van der Waals surface area contributed by atoms with E-state index >= 15 is 0 Å². The Bertz CT molecular complexity index is 1370. The number of aryl methyl sites for hydroxylation is 1. The molecule has 0 aliphatic heterocycles. The number of nitrogens with zero attached hydrogens (tertiary/aromatic N) is 4. The number of nitroso groups, excluding NO2 is 1. The van der Waals surface area contributed by atoms with E-state index in [1.807, 2.05) is 37.3 Å². The summed E-state index contributed by atoms with van der Waals surface area (Å²) in [4.78, 5) is 40.6. The van der Waals surface area contributed by atoms with Gasteiger partial charge in [-0.15, -0.1) is 11.3 Å². The van der Waals surface area contributed by atoms with Gasteiger partial charge in [-0.2, -0.15) is 4.91 Å². The zero-order valence-electron chi connectivity index (χ0n) is 16.5. The molecule has 0 radical (unpaired) electrons. The molecular formula is C21H18ClN5O3S. The van der Waals surface area contributed by atoms with Crippen LogP contribution in [-0.4, -0.2) is 20.7 Å². The smallest absolute Gasteiger partial charge is 0.332 e. The van der Waals surface area contributed by atoms with E-state index in [9.17, 15) is 14.5 Å². The van der Waals surface area contributed by atoms with Crippen molar-refractivity contribution in [1.29, 1.82) is 0 Å². The quantitative estimate of drug-likeness (QED) is 0.422. The molecule has 0 fully saturated rings. The van der Waals surface area contributed by atoms with Gasteiger partial charge in [0, 0.05) is 16.8 Å². The first-order valence-corrected chi connectivity index (χ1v) is 10.7. The fraction of sp³-hybridized carbons (Fsp3) is 0.190. The topological polar surface area (TPSA) is 98.3 Å². The first kappa shape index (κ1) is 21.0. The lowest BCUT2D eigenvalue weighted by Gasteiger charge is -2.16. The lowest BCUT2D eigenvalue weighted by Crippen LogP contribution is -2.41. The first-order chi connectivity index (χ1) is 14.9. The monoisotopic (exact) mass is 455 g/mol. The molecule has 31 heavy (non-hydrogen) atoms. The summed E-state index contributed by atoms with van der Waals surface area (Å²) in [6, 6.07) is 14.1. The highest BCUT2D eigenvalue weighted by molar-refractivity contribution is 7.18. The Hall–Kier alpha value is -3.30. The summed E-state index contributed by atoms with van der Waals surface area (Å²) < 4.78 is 3.47. The molecule has 0 aliphatic carbocycles. The van der Waals surface area contributed by atoms with Crippen LogP contribution >= 0.6 is 22.9 Å². The van der Waals surface area contributed by atoms with Crippen molar-refractivity contribution in [3.63, 3.8) is 0 Å². The maximum atomic E-state index is 13.1. The zero-order valence-corrected chi connectivity index (χ0v) is 18.1. The second-order valence-electron chi connectivity index (χ2n) is 6.91. The van der Waals surface area contributed by atoms with Crippen molar-refractivity contribution in [1.82, 2.24) is 14.1 Å². The summed E-state index contributed by atoms with van der Waals surface area (Å²) in [7, 11) is 0. The Morgan fingerprint density at radius 1 is 1.10 bits per heavy atom. The zero-order chi connectivity index (χ0) is 22.0. The molecule has 8 nitrogen and oxygen atoms in total. The number of nitrogens with one attached hydrogen (secondary N) is 1. The predicted octanol–water partition coefficient (Wildman–Crippen LogP) is 4.14. The second kappa shape index (κ2) is 8.83. The van der Waals surface area contributed by atoms with E-state index in [1.165, 1.54) is 10.6 Å². The number of benzene rings is 2. The number of hydrogen-bond donors (Lipinski definition) is 1. The average molecular weight is 456 g/mol. The molecule has 0 amide bonds. The SMILES string of the molecule is Cc1nc2ccc(Nc3cc(=O)n(CCN=O)c(=O)n3Cc3ccc(Cl)cc3)cc2s1. The summed E-state index contributed by atoms with van der Waals surface area (Å²) in [6.45, 7) is 1.92. The van der Waals surface area contributed by atoms with E-state index < -0.39 is 11.2 Å². The molecule has 0 bridgehead atoms. The molecule has 0 saturated carbocycles. The summed E-state index contributed by atoms with van der Waals surface area (Å²) in [5.74, 6) is 0.348. The number of hydrogen-bond acceptors (Lipinski definition) is 7. The highest BCUT2D eigenvalue weighted by Gasteiger charge is 2.13. The molecule has 10 heteroatoms. The molecule has 0 saturated heterocycles. The highest BCUT2D eigenvalue weighted by atomic mass is 35.5. The fourth-order valence-corrected chi connectivity index (χ4v) is 4.25. The van der Waals surface area contributed by atoms with Crippen molar-refractivity contribution < 1.29 is 0 Å². The van der Waals surface area contributed by atoms with Crippen LogP contribution in [0.2, 0.25) is 5.02 Å². The third-order valence-corrected chi connectivity index (χ3v) is 5.90. The van der Waals surface area contributed by atoms with Crippen molar-refractivity contribution >= 4 is 44.7 Å². The molecule has 4 aromatic rings. The molecule has 2 aromatic carbocycles. The summed E-state index contributed by atoms with van der Waals surface area (Å²) >= 11 is 7.53. The fourth-order valence-electron chi connectivity index (χ4n) is 3.26. The van der Waals surface area contributed by atoms with Gasteiger partial charge >= 0.3 is 5.69 Å². The summed E-state index contributed by atoms with van der Waals surface area (Å²) in [5.41, 5.74) is 1.43. The number of thiazole rings is 1. The number of rotatable bonds is 7. The molecule has 4 rings (SSSR count). The van der Waals surface area contributed by atoms with Gasteiger partial charge in [0.05, 0.1) is 34.9 Å². The summed E-state index contributed by atoms with van der Waals surface area (Å²) in [5, 5.41) is 7.50. The van der Waals surface area contributed by atoms with Crippen molar-refractivity contribution in [2.75, 3.05) is 11.9 Å². The van der Waals surface area contributed by atoms with Gasteiger partial charge < -0.3 is 5.32 Å². The van der Waals surface area contributed by atoms with Gasteiger partial charge in [-0.1, -0.05) is 28.9 Å². The molecule has 1 N–H and O–H groups in total. The van der Waals surface area contributed by atoms with Crippen LogP contribution in [-0.2, 0) is 13.1 Å². The van der Waals surface area contributed by atoms with E-state index in [2.05, 4.69) is 15.5 Å². The predicted molar refractivity (Wildman–Crippen MR) is 124 cm³/mol. The lowest BCUT2D eigenvalue weighted by molar-refractivity contribution is 0.584. The van der Waals surface area contributed by atoms with Crippen molar-refractivity contribution in [2.45, 2.75) is 20.0 Å². The van der Waals surface area contributed by atoms with E-state index in [0.29, 0.717) is 10.8 Å². The normalized spacial score (nSPS) is 11.0. The lowest BCUT2D eigenvalue weighted by atomic mass is 10.2. The minimum Gasteiger partial charge on any atom is -0.341 e. The molecule has 2 aromatic heterocycles. The Morgan fingerprint density at radius 3 is 2.61 bits per heavy atom. The largest absolute Gasteiger partial charge is 0.341 e. The van der Waals surface area contributed by atoms with Crippen LogP contribution in [0.15, 0.2) is 63.3 Å². The van der Waals surface area contributed by atoms with Crippen LogP contribution < -0.4 is 16.6 Å². The molecule has 0 aliphatic rings. The third kappa shape index (κ3) is 4.57. The van der Waals surface area contributed by atoms with Crippen LogP contribution in [0.25, 0.3) is 10.2 Å². The molecule has 0 spiro atoms. The van der Waals surface area contributed by atoms with Crippen molar-refractivity contribution in [3.05, 3.63) is 89.9 Å². The van der Waals surface area contributed by atoms with Crippen molar-refractivity contribution in [2.24, 2.45) is 5.18 Å². The van der Waals surface area contributed by atoms with Crippen LogP contribution in [0, 0.1) is 11.8 Å². The molecule has 0 atom stereocenters. The standard InChI is InChI=1S/C21H18ClN5O3S/c1-13-24-17-7-6-16(10-18(17)31-13)25-19-11-20(28)26(9-8-23-30)21(29)27(19)12-14-2-4-15(22)5-3-14/h2-7,10-11,25H,8-9,12H2,1H3.